The van der Waals surface area contributed by atoms with Gasteiger partial charge in [0, 0.05) is 19.1 Å². The molecule has 2 fully saturated rings. The van der Waals surface area contributed by atoms with Crippen LogP contribution in [0.4, 0.5) is 0 Å². The molecular weight excluding hydrogens is 234 g/mol. The Morgan fingerprint density at radius 3 is 2.67 bits per heavy atom. The van der Waals surface area contributed by atoms with Crippen molar-refractivity contribution in [1.82, 2.24) is 5.32 Å². The Balaban J connectivity index is 1.86. The van der Waals surface area contributed by atoms with E-state index in [1.54, 1.807) is 0 Å². The Labute approximate surface area is 107 Å². The number of rotatable bonds is 4. The second-order valence-corrected chi connectivity index (χ2v) is 5.73. The Morgan fingerprint density at radius 2 is 2.17 bits per heavy atom. The highest BCUT2D eigenvalue weighted by atomic mass is 16.5. The summed E-state index contributed by atoms with van der Waals surface area (Å²) in [4.78, 5) is 23.2. The first-order valence-corrected chi connectivity index (χ1v) is 6.62. The molecule has 1 aliphatic heterocycles. The number of ether oxygens (including phenoxy) is 1. The zero-order valence-electron chi connectivity index (χ0n) is 10.8. The summed E-state index contributed by atoms with van der Waals surface area (Å²) in [5, 5.41) is 12.1. The van der Waals surface area contributed by atoms with Crippen molar-refractivity contribution in [2.75, 3.05) is 19.8 Å². The molecule has 0 aromatic carbocycles. The molecular formula is C13H21NO4. The van der Waals surface area contributed by atoms with Crippen LogP contribution < -0.4 is 5.32 Å². The smallest absolute Gasteiger partial charge is 0.313 e. The first-order valence-electron chi connectivity index (χ1n) is 6.62. The number of amides is 1. The predicted octanol–water partition coefficient (Wildman–Crippen LogP) is 1.03. The van der Waals surface area contributed by atoms with Gasteiger partial charge in [-0.1, -0.05) is 6.92 Å². The van der Waals surface area contributed by atoms with Crippen LogP contribution in [0.3, 0.4) is 0 Å². The molecule has 0 spiro atoms. The lowest BCUT2D eigenvalue weighted by Crippen LogP contribution is -2.50. The van der Waals surface area contributed by atoms with E-state index in [1.165, 1.54) is 0 Å². The molecule has 2 rings (SSSR count). The second-order valence-electron chi connectivity index (χ2n) is 5.73. The first-order chi connectivity index (χ1) is 8.53. The summed E-state index contributed by atoms with van der Waals surface area (Å²) in [6, 6.07) is 0. The van der Waals surface area contributed by atoms with Crippen LogP contribution in [-0.4, -0.2) is 36.7 Å². The lowest BCUT2D eigenvalue weighted by molar-refractivity contribution is -0.157. The number of carboxylic acid groups (broad SMARTS) is 1. The van der Waals surface area contributed by atoms with Gasteiger partial charge in [0.15, 0.2) is 0 Å². The number of carbonyl (C=O) groups excluding carboxylic acids is 1. The molecule has 0 radical (unpaired) electrons. The molecule has 5 nitrogen and oxygen atoms in total. The highest BCUT2D eigenvalue weighted by Crippen LogP contribution is 2.33. The fourth-order valence-corrected chi connectivity index (χ4v) is 2.75. The lowest BCUT2D eigenvalue weighted by atomic mass is 9.75. The summed E-state index contributed by atoms with van der Waals surface area (Å²) in [6.45, 7) is 3.12. The molecule has 1 unspecified atom stereocenters. The normalized spacial score (nSPS) is 35.6. The van der Waals surface area contributed by atoms with Gasteiger partial charge in [0.1, 0.15) is 5.41 Å². The van der Waals surface area contributed by atoms with Crippen molar-refractivity contribution in [2.45, 2.75) is 32.6 Å². The van der Waals surface area contributed by atoms with Gasteiger partial charge < -0.3 is 15.2 Å². The van der Waals surface area contributed by atoms with Crippen LogP contribution in [0.5, 0.6) is 0 Å². The standard InChI is InChI=1S/C13H21NO4/c1-9-5-10(6-9)11(15)14-7-13(12(16)17)3-2-4-18-8-13/h9-10H,2-8H2,1H3,(H,14,15)(H,16,17). The van der Waals surface area contributed by atoms with Gasteiger partial charge in [-0.05, 0) is 31.6 Å². The van der Waals surface area contributed by atoms with Gasteiger partial charge in [-0.25, -0.2) is 0 Å². The summed E-state index contributed by atoms with van der Waals surface area (Å²) < 4.78 is 5.26. The van der Waals surface area contributed by atoms with Gasteiger partial charge in [-0.3, -0.25) is 9.59 Å². The minimum atomic E-state index is -0.927. The van der Waals surface area contributed by atoms with Crippen molar-refractivity contribution in [3.63, 3.8) is 0 Å². The number of nitrogens with one attached hydrogen (secondary N) is 1. The molecule has 0 aromatic rings. The average molecular weight is 255 g/mol. The van der Waals surface area contributed by atoms with Crippen LogP contribution in [0.2, 0.25) is 0 Å². The molecule has 1 saturated heterocycles. The largest absolute Gasteiger partial charge is 0.481 e. The second kappa shape index (κ2) is 5.26. The number of hydrogen-bond donors (Lipinski definition) is 2. The maximum Gasteiger partial charge on any atom is 0.313 e. The lowest BCUT2D eigenvalue weighted by Gasteiger charge is -2.35. The first kappa shape index (κ1) is 13.3. The van der Waals surface area contributed by atoms with E-state index in [2.05, 4.69) is 12.2 Å². The van der Waals surface area contributed by atoms with E-state index < -0.39 is 11.4 Å². The monoisotopic (exact) mass is 255 g/mol. The van der Waals surface area contributed by atoms with Crippen molar-refractivity contribution >= 4 is 11.9 Å². The van der Waals surface area contributed by atoms with E-state index in [-0.39, 0.29) is 25.0 Å². The molecule has 102 valence electrons. The summed E-state index contributed by atoms with van der Waals surface area (Å²) in [5.41, 5.74) is -0.927. The highest BCUT2D eigenvalue weighted by Gasteiger charge is 2.42. The van der Waals surface area contributed by atoms with E-state index in [0.29, 0.717) is 18.9 Å². The van der Waals surface area contributed by atoms with Crippen molar-refractivity contribution in [3.05, 3.63) is 0 Å². The summed E-state index contributed by atoms with van der Waals surface area (Å²) in [5.74, 6) is -0.175. The van der Waals surface area contributed by atoms with Gasteiger partial charge in [0.25, 0.3) is 0 Å². The quantitative estimate of drug-likeness (QED) is 0.786. The van der Waals surface area contributed by atoms with Crippen molar-refractivity contribution in [3.8, 4) is 0 Å². The van der Waals surface area contributed by atoms with E-state index in [9.17, 15) is 14.7 Å². The summed E-state index contributed by atoms with van der Waals surface area (Å²) in [7, 11) is 0. The Hall–Kier alpha value is -1.10. The molecule has 1 heterocycles. The number of carboxylic acids is 1. The van der Waals surface area contributed by atoms with E-state index in [1.807, 2.05) is 0 Å². The molecule has 0 bridgehead atoms. The summed E-state index contributed by atoms with van der Waals surface area (Å²) in [6.07, 6.45) is 3.15. The molecule has 1 aliphatic carbocycles. The third kappa shape index (κ3) is 2.66. The van der Waals surface area contributed by atoms with E-state index >= 15 is 0 Å². The number of hydrogen-bond acceptors (Lipinski definition) is 3. The molecule has 1 amide bonds. The third-order valence-corrected chi connectivity index (χ3v) is 4.12. The van der Waals surface area contributed by atoms with Crippen LogP contribution in [0.25, 0.3) is 0 Å². The van der Waals surface area contributed by atoms with Crippen molar-refractivity contribution < 1.29 is 19.4 Å². The van der Waals surface area contributed by atoms with Gasteiger partial charge in [0.2, 0.25) is 5.91 Å². The maximum atomic E-state index is 11.8. The van der Waals surface area contributed by atoms with Crippen molar-refractivity contribution in [2.24, 2.45) is 17.3 Å². The fraction of sp³-hybridized carbons (Fsp3) is 0.846. The highest BCUT2D eigenvalue weighted by molar-refractivity contribution is 5.81. The van der Waals surface area contributed by atoms with Gasteiger partial charge >= 0.3 is 5.97 Å². The Morgan fingerprint density at radius 1 is 1.44 bits per heavy atom. The molecule has 1 saturated carbocycles. The fourth-order valence-electron chi connectivity index (χ4n) is 2.75. The Bertz CT molecular complexity index is 330. The molecule has 5 heteroatoms. The van der Waals surface area contributed by atoms with Crippen molar-refractivity contribution in [1.29, 1.82) is 0 Å². The maximum absolute atomic E-state index is 11.8. The SMILES string of the molecule is CC1CC(C(=O)NCC2(C(=O)O)CCCOC2)C1. The van der Waals surface area contributed by atoms with Crippen LogP contribution in [0, 0.1) is 17.3 Å². The van der Waals surface area contributed by atoms with Crippen LogP contribution in [0.1, 0.15) is 32.6 Å². The van der Waals surface area contributed by atoms with Gasteiger partial charge in [-0.15, -0.1) is 0 Å². The minimum Gasteiger partial charge on any atom is -0.481 e. The predicted molar refractivity (Wildman–Crippen MR) is 65.0 cm³/mol. The molecule has 18 heavy (non-hydrogen) atoms. The number of aliphatic carboxylic acids is 1. The molecule has 2 aliphatic rings. The van der Waals surface area contributed by atoms with Crippen LogP contribution in [0.15, 0.2) is 0 Å². The topological polar surface area (TPSA) is 75.6 Å². The van der Waals surface area contributed by atoms with E-state index in [0.717, 1.165) is 19.3 Å². The zero-order chi connectivity index (χ0) is 13.2. The van der Waals surface area contributed by atoms with Gasteiger partial charge in [-0.2, -0.15) is 0 Å². The number of carbonyl (C=O) groups is 2. The average Bonchev–Trinajstić information content (AvgIpc) is 2.33. The summed E-state index contributed by atoms with van der Waals surface area (Å²) >= 11 is 0. The van der Waals surface area contributed by atoms with E-state index in [4.69, 9.17) is 4.74 Å². The molecule has 0 aromatic heterocycles. The molecule has 1 atom stereocenters. The van der Waals surface area contributed by atoms with Crippen LogP contribution >= 0.6 is 0 Å². The zero-order valence-corrected chi connectivity index (χ0v) is 10.8. The Kier molecular flexibility index (Phi) is 3.90. The third-order valence-electron chi connectivity index (χ3n) is 4.12. The minimum absolute atomic E-state index is 0.000650. The van der Waals surface area contributed by atoms with Gasteiger partial charge in [0.05, 0.1) is 6.61 Å². The molecule has 2 N–H and O–H groups in total. The van der Waals surface area contributed by atoms with Crippen LogP contribution in [-0.2, 0) is 14.3 Å².